The highest BCUT2D eigenvalue weighted by Crippen LogP contribution is 2.35. The van der Waals surface area contributed by atoms with Gasteiger partial charge in [-0.25, -0.2) is 8.78 Å². The van der Waals surface area contributed by atoms with Crippen molar-refractivity contribution in [3.8, 4) is 0 Å². The average Bonchev–Trinajstić information content (AvgIpc) is 3.34. The van der Waals surface area contributed by atoms with Gasteiger partial charge in [0.1, 0.15) is 5.92 Å². The molecule has 3 heterocycles. The molecule has 2 saturated heterocycles. The van der Waals surface area contributed by atoms with E-state index in [0.29, 0.717) is 30.5 Å². The maximum Gasteiger partial charge on any atom is 0.233 e. The Labute approximate surface area is 204 Å². The third kappa shape index (κ3) is 5.22. The number of nitrogens with one attached hydrogen (secondary N) is 2. The van der Waals surface area contributed by atoms with Crippen LogP contribution >= 0.6 is 0 Å². The van der Waals surface area contributed by atoms with Crippen molar-refractivity contribution in [1.29, 1.82) is 0 Å². The highest BCUT2D eigenvalue weighted by Gasteiger charge is 2.40. The summed E-state index contributed by atoms with van der Waals surface area (Å²) in [6.45, 7) is 2.10. The van der Waals surface area contributed by atoms with Gasteiger partial charge >= 0.3 is 0 Å². The Morgan fingerprint density at radius 1 is 1.03 bits per heavy atom. The molecule has 0 spiro atoms. The first-order valence-electron chi connectivity index (χ1n) is 12.7. The van der Waals surface area contributed by atoms with Gasteiger partial charge in [-0.05, 0) is 68.4 Å². The number of benzene rings is 1. The van der Waals surface area contributed by atoms with Gasteiger partial charge in [-0.2, -0.15) is 0 Å². The van der Waals surface area contributed by atoms with Crippen LogP contribution in [-0.4, -0.2) is 53.4 Å². The molecule has 2 N–H and O–H groups in total. The molecule has 3 aliphatic rings. The highest BCUT2D eigenvalue weighted by molar-refractivity contribution is 6.02. The fourth-order valence-electron chi connectivity index (χ4n) is 6.10. The van der Waals surface area contributed by atoms with Crippen molar-refractivity contribution in [1.82, 2.24) is 20.5 Å². The molecular formula is C27H32F2N4O2. The molecule has 0 radical (unpaired) electrons. The summed E-state index contributed by atoms with van der Waals surface area (Å²) < 4.78 is 27.3. The minimum atomic E-state index is -0.961. The van der Waals surface area contributed by atoms with Crippen LogP contribution in [0.15, 0.2) is 42.6 Å². The third-order valence-electron chi connectivity index (χ3n) is 7.98. The van der Waals surface area contributed by atoms with Crippen molar-refractivity contribution >= 4 is 11.8 Å². The molecule has 2 unspecified atom stereocenters. The summed E-state index contributed by atoms with van der Waals surface area (Å²) in [5.41, 5.74) is 1.66. The number of hydrogen-bond donors (Lipinski definition) is 2. The largest absolute Gasteiger partial charge is 0.355 e. The van der Waals surface area contributed by atoms with Crippen LogP contribution in [0.2, 0.25) is 0 Å². The summed E-state index contributed by atoms with van der Waals surface area (Å²) in [7, 11) is 0. The quantitative estimate of drug-likeness (QED) is 0.640. The Bertz CT molecular complexity index is 1060. The molecule has 2 amide bonds. The zero-order valence-electron chi connectivity index (χ0n) is 19.8. The average molecular weight is 483 g/mol. The third-order valence-corrected chi connectivity index (χ3v) is 7.98. The Hall–Kier alpha value is -2.87. The lowest BCUT2D eigenvalue weighted by atomic mass is 9.80. The van der Waals surface area contributed by atoms with E-state index >= 15 is 0 Å². The Balaban J connectivity index is 1.17. The fourth-order valence-corrected chi connectivity index (χ4v) is 6.10. The molecule has 8 heteroatoms. The number of carbonyl (C=O) groups excluding carboxylic acids is 2. The minimum Gasteiger partial charge on any atom is -0.355 e. The van der Waals surface area contributed by atoms with Gasteiger partial charge in [0.05, 0.1) is 0 Å². The van der Waals surface area contributed by atoms with E-state index in [9.17, 15) is 18.4 Å². The smallest absolute Gasteiger partial charge is 0.233 e. The van der Waals surface area contributed by atoms with Crippen LogP contribution in [0.5, 0.6) is 0 Å². The molecule has 2 aromatic rings. The Morgan fingerprint density at radius 2 is 1.86 bits per heavy atom. The van der Waals surface area contributed by atoms with Crippen LogP contribution in [0.4, 0.5) is 8.78 Å². The number of rotatable bonds is 5. The van der Waals surface area contributed by atoms with E-state index in [2.05, 4.69) is 26.6 Å². The van der Waals surface area contributed by atoms with Crippen molar-refractivity contribution in [2.75, 3.05) is 19.6 Å². The monoisotopic (exact) mass is 482 g/mol. The molecule has 3 atom stereocenters. The standard InChI is InChI=1S/C27H32F2N4O2/c28-22-9-6-18(15-23(22)29)21-10-13-31-26(34)25(21)27(35)32-19-11-14-33(16-19)20-7-4-17(5-8-20)24-3-1-2-12-30-24/h1-3,6,9,12,15,17,19-21,25H,4-5,7-8,10-11,13-14,16H2,(H,31,34)(H,32,35)/t17?,19-,20?,21?,25?/m1/s1. The predicted molar refractivity (Wildman–Crippen MR) is 128 cm³/mol. The summed E-state index contributed by atoms with van der Waals surface area (Å²) in [4.78, 5) is 32.9. The molecule has 1 aromatic heterocycles. The molecule has 35 heavy (non-hydrogen) atoms. The van der Waals surface area contributed by atoms with Crippen molar-refractivity contribution in [2.45, 2.75) is 62.4 Å². The van der Waals surface area contributed by atoms with Gasteiger partial charge in [-0.15, -0.1) is 0 Å². The molecule has 0 bridgehead atoms. The van der Waals surface area contributed by atoms with Gasteiger partial charge < -0.3 is 10.6 Å². The Morgan fingerprint density at radius 3 is 2.60 bits per heavy atom. The zero-order valence-corrected chi connectivity index (χ0v) is 19.8. The van der Waals surface area contributed by atoms with Gasteiger partial charge in [0, 0.05) is 55.4 Å². The number of hydrogen-bond acceptors (Lipinski definition) is 4. The Kier molecular flexibility index (Phi) is 7.09. The zero-order chi connectivity index (χ0) is 24.4. The van der Waals surface area contributed by atoms with E-state index in [4.69, 9.17) is 0 Å². The summed E-state index contributed by atoms with van der Waals surface area (Å²) in [6, 6.07) is 10.2. The molecule has 1 saturated carbocycles. The van der Waals surface area contributed by atoms with E-state index in [-0.39, 0.29) is 17.9 Å². The van der Waals surface area contributed by atoms with Gasteiger partial charge in [0.15, 0.2) is 11.6 Å². The number of aromatic nitrogens is 1. The number of amides is 2. The van der Waals surface area contributed by atoms with E-state index in [1.165, 1.54) is 11.8 Å². The number of halogens is 2. The first-order chi connectivity index (χ1) is 17.0. The van der Waals surface area contributed by atoms with Crippen molar-refractivity contribution in [3.63, 3.8) is 0 Å². The summed E-state index contributed by atoms with van der Waals surface area (Å²) in [5.74, 6) is -3.49. The van der Waals surface area contributed by atoms with E-state index in [0.717, 1.165) is 57.3 Å². The normalized spacial score (nSPS) is 29.5. The lowest BCUT2D eigenvalue weighted by Gasteiger charge is -2.34. The van der Waals surface area contributed by atoms with E-state index in [1.54, 1.807) is 0 Å². The van der Waals surface area contributed by atoms with E-state index < -0.39 is 23.5 Å². The minimum absolute atomic E-state index is 0.0173. The van der Waals surface area contributed by atoms with Gasteiger partial charge in [0.25, 0.3) is 0 Å². The summed E-state index contributed by atoms with van der Waals surface area (Å²) >= 11 is 0. The molecular weight excluding hydrogens is 450 g/mol. The number of pyridine rings is 1. The van der Waals surface area contributed by atoms with Crippen LogP contribution in [-0.2, 0) is 9.59 Å². The number of nitrogens with zero attached hydrogens (tertiary/aromatic N) is 2. The molecule has 6 nitrogen and oxygen atoms in total. The van der Waals surface area contributed by atoms with Crippen LogP contribution in [0.1, 0.15) is 61.6 Å². The summed E-state index contributed by atoms with van der Waals surface area (Å²) in [6.07, 6.45) is 7.68. The summed E-state index contributed by atoms with van der Waals surface area (Å²) in [5, 5.41) is 5.85. The second-order valence-electron chi connectivity index (χ2n) is 10.1. The molecule has 1 aliphatic carbocycles. The van der Waals surface area contributed by atoms with Gasteiger partial charge in [0.2, 0.25) is 11.8 Å². The SMILES string of the molecule is O=C1NCCC(c2ccc(F)c(F)c2)C1C(=O)N[C@@H]1CCN(C2CCC(c3ccccn3)CC2)C1. The topological polar surface area (TPSA) is 74.3 Å². The van der Waals surface area contributed by atoms with Gasteiger partial charge in [-0.1, -0.05) is 12.1 Å². The molecule has 186 valence electrons. The lowest BCUT2D eigenvalue weighted by molar-refractivity contribution is -0.138. The first-order valence-corrected chi connectivity index (χ1v) is 12.7. The highest BCUT2D eigenvalue weighted by atomic mass is 19.2. The second kappa shape index (κ2) is 10.4. The maximum absolute atomic E-state index is 13.8. The van der Waals surface area contributed by atoms with Crippen molar-refractivity contribution < 1.29 is 18.4 Å². The molecule has 2 aliphatic heterocycles. The fraction of sp³-hybridized carbons (Fsp3) is 0.519. The lowest BCUT2D eigenvalue weighted by Crippen LogP contribution is -2.51. The number of likely N-dealkylation sites (tertiary alicyclic amines) is 1. The number of carbonyl (C=O) groups is 2. The van der Waals surface area contributed by atoms with Crippen LogP contribution < -0.4 is 10.6 Å². The predicted octanol–water partition coefficient (Wildman–Crippen LogP) is 3.50. The number of piperidine rings is 1. The van der Waals surface area contributed by atoms with Gasteiger partial charge in [-0.3, -0.25) is 19.5 Å². The maximum atomic E-state index is 13.8. The molecule has 5 rings (SSSR count). The van der Waals surface area contributed by atoms with Crippen LogP contribution in [0.25, 0.3) is 0 Å². The van der Waals surface area contributed by atoms with Crippen molar-refractivity contribution in [3.05, 3.63) is 65.5 Å². The van der Waals surface area contributed by atoms with Crippen LogP contribution in [0, 0.1) is 17.6 Å². The second-order valence-corrected chi connectivity index (χ2v) is 10.1. The first kappa shape index (κ1) is 23.9. The van der Waals surface area contributed by atoms with Crippen molar-refractivity contribution in [2.24, 2.45) is 5.92 Å². The van der Waals surface area contributed by atoms with E-state index in [1.807, 2.05) is 18.3 Å². The molecule has 3 fully saturated rings. The van der Waals surface area contributed by atoms with Crippen LogP contribution in [0.3, 0.4) is 0 Å². The molecule has 1 aromatic carbocycles.